The predicted molar refractivity (Wildman–Crippen MR) is 102 cm³/mol. The monoisotopic (exact) mass is 358 g/mol. The first-order valence-corrected chi connectivity index (χ1v) is 10.1. The number of carbonyl (C=O) groups excluding carboxylic acids is 1. The zero-order chi connectivity index (χ0) is 17.6. The molecule has 25 heavy (non-hydrogen) atoms. The predicted octanol–water partition coefficient (Wildman–Crippen LogP) is 3.44. The molecule has 0 unspecified atom stereocenters. The van der Waals surface area contributed by atoms with Crippen LogP contribution in [0.5, 0.6) is 0 Å². The molecule has 134 valence electrons. The first kappa shape index (κ1) is 16.8. The summed E-state index contributed by atoms with van der Waals surface area (Å²) in [5.41, 5.74) is 1.29. The number of nitrogens with one attached hydrogen (secondary N) is 1. The fourth-order valence-electron chi connectivity index (χ4n) is 3.81. The summed E-state index contributed by atoms with van der Waals surface area (Å²) in [6.07, 6.45) is 6.00. The Morgan fingerprint density at radius 2 is 1.96 bits per heavy atom. The minimum Gasteiger partial charge on any atom is -0.356 e. The zero-order valence-corrected chi connectivity index (χ0v) is 16.0. The van der Waals surface area contributed by atoms with Crippen LogP contribution in [0.15, 0.2) is 6.33 Å². The van der Waals surface area contributed by atoms with Gasteiger partial charge in [-0.05, 0) is 57.9 Å². The van der Waals surface area contributed by atoms with Crippen molar-refractivity contribution in [3.8, 4) is 0 Å². The van der Waals surface area contributed by atoms with E-state index in [0.717, 1.165) is 36.6 Å². The lowest BCUT2D eigenvalue weighted by molar-refractivity contribution is -0.126. The molecule has 0 spiro atoms. The average Bonchev–Trinajstić information content (AvgIpc) is 3.42. The molecule has 1 saturated heterocycles. The molecule has 6 heteroatoms. The van der Waals surface area contributed by atoms with Crippen molar-refractivity contribution in [1.29, 1.82) is 0 Å². The number of hydrogen-bond acceptors (Lipinski definition) is 5. The number of rotatable bonds is 4. The maximum Gasteiger partial charge on any atom is 0.223 e. The molecule has 0 aromatic carbocycles. The van der Waals surface area contributed by atoms with Gasteiger partial charge >= 0.3 is 0 Å². The van der Waals surface area contributed by atoms with Gasteiger partial charge in [0.05, 0.1) is 5.39 Å². The molecule has 1 amide bonds. The highest BCUT2D eigenvalue weighted by Gasteiger charge is 2.32. The van der Waals surface area contributed by atoms with Gasteiger partial charge in [0.25, 0.3) is 0 Å². The highest BCUT2D eigenvalue weighted by molar-refractivity contribution is 7.18. The number of anilines is 1. The number of nitrogens with zero attached hydrogens (tertiary/aromatic N) is 3. The van der Waals surface area contributed by atoms with Crippen LogP contribution in [-0.2, 0) is 4.79 Å². The average molecular weight is 359 g/mol. The Kier molecular flexibility index (Phi) is 4.40. The second kappa shape index (κ2) is 6.56. The van der Waals surface area contributed by atoms with Crippen LogP contribution in [0.3, 0.4) is 0 Å². The molecule has 2 fully saturated rings. The number of fused-ring (bicyclic) bond motifs is 1. The van der Waals surface area contributed by atoms with Gasteiger partial charge in [0, 0.05) is 29.9 Å². The maximum atomic E-state index is 12.5. The summed E-state index contributed by atoms with van der Waals surface area (Å²) >= 11 is 1.74. The van der Waals surface area contributed by atoms with Gasteiger partial charge in [0.1, 0.15) is 17.0 Å². The van der Waals surface area contributed by atoms with Gasteiger partial charge in [-0.3, -0.25) is 4.79 Å². The van der Waals surface area contributed by atoms with E-state index in [1.807, 2.05) is 0 Å². The Hall–Kier alpha value is -1.69. The molecule has 0 bridgehead atoms. The molecule has 1 atom stereocenters. The van der Waals surface area contributed by atoms with Crippen molar-refractivity contribution >= 4 is 33.3 Å². The van der Waals surface area contributed by atoms with E-state index in [0.29, 0.717) is 12.0 Å². The van der Waals surface area contributed by atoms with Crippen molar-refractivity contribution in [3.63, 3.8) is 0 Å². The van der Waals surface area contributed by atoms with Crippen molar-refractivity contribution in [2.75, 3.05) is 18.0 Å². The minimum atomic E-state index is 0.139. The number of hydrogen-bond donors (Lipinski definition) is 1. The van der Waals surface area contributed by atoms with Gasteiger partial charge < -0.3 is 10.2 Å². The molecule has 1 aliphatic heterocycles. The second-order valence-corrected chi connectivity index (χ2v) is 8.76. The van der Waals surface area contributed by atoms with Crippen molar-refractivity contribution < 1.29 is 4.79 Å². The topological polar surface area (TPSA) is 58.1 Å². The van der Waals surface area contributed by atoms with Crippen molar-refractivity contribution in [2.24, 2.45) is 11.8 Å². The van der Waals surface area contributed by atoms with Crippen molar-refractivity contribution in [1.82, 2.24) is 15.3 Å². The molecule has 3 heterocycles. The number of amides is 1. The zero-order valence-electron chi connectivity index (χ0n) is 15.2. The van der Waals surface area contributed by atoms with Crippen LogP contribution >= 0.6 is 11.3 Å². The highest BCUT2D eigenvalue weighted by atomic mass is 32.1. The van der Waals surface area contributed by atoms with Crippen molar-refractivity contribution in [3.05, 3.63) is 16.8 Å². The van der Waals surface area contributed by atoms with Crippen molar-refractivity contribution in [2.45, 2.75) is 52.5 Å². The molecular weight excluding hydrogens is 332 g/mol. The van der Waals surface area contributed by atoms with Gasteiger partial charge in [-0.25, -0.2) is 9.97 Å². The number of aryl methyl sites for hydroxylation is 2. The minimum absolute atomic E-state index is 0.139. The van der Waals surface area contributed by atoms with E-state index < -0.39 is 0 Å². The normalized spacial score (nSPS) is 20.0. The molecule has 1 saturated carbocycles. The first-order valence-electron chi connectivity index (χ1n) is 9.30. The molecule has 2 aliphatic rings. The number of aromatic nitrogens is 2. The molecule has 1 N–H and O–H groups in total. The van der Waals surface area contributed by atoms with E-state index in [4.69, 9.17) is 0 Å². The van der Waals surface area contributed by atoms with Crippen LogP contribution in [0, 0.1) is 25.7 Å². The van der Waals surface area contributed by atoms with Gasteiger partial charge in [0.15, 0.2) is 0 Å². The largest absolute Gasteiger partial charge is 0.356 e. The van der Waals surface area contributed by atoms with Crippen LogP contribution in [-0.4, -0.2) is 35.0 Å². The van der Waals surface area contributed by atoms with E-state index in [9.17, 15) is 4.79 Å². The van der Waals surface area contributed by atoms with E-state index >= 15 is 0 Å². The van der Waals surface area contributed by atoms with Gasteiger partial charge in [0.2, 0.25) is 5.91 Å². The Balaban J connectivity index is 1.44. The van der Waals surface area contributed by atoms with Crippen LogP contribution < -0.4 is 10.2 Å². The molecule has 1 aliphatic carbocycles. The summed E-state index contributed by atoms with van der Waals surface area (Å²) < 4.78 is 0. The Bertz CT molecular complexity index is 790. The lowest BCUT2D eigenvalue weighted by Gasteiger charge is -2.33. The van der Waals surface area contributed by atoms with E-state index in [1.54, 1.807) is 17.7 Å². The third-order valence-corrected chi connectivity index (χ3v) is 6.92. The van der Waals surface area contributed by atoms with Crippen LogP contribution in [0.4, 0.5) is 5.82 Å². The lowest BCUT2D eigenvalue weighted by atomic mass is 9.95. The second-order valence-electron chi connectivity index (χ2n) is 7.56. The molecular formula is C19H26N4OS. The Morgan fingerprint density at radius 3 is 2.64 bits per heavy atom. The first-order chi connectivity index (χ1) is 12.0. The number of carbonyl (C=O) groups is 1. The molecule has 2 aromatic heterocycles. The van der Waals surface area contributed by atoms with E-state index in [2.05, 4.69) is 41.0 Å². The van der Waals surface area contributed by atoms with E-state index in [1.165, 1.54) is 28.7 Å². The van der Waals surface area contributed by atoms with E-state index in [-0.39, 0.29) is 11.8 Å². The molecule has 2 aromatic rings. The third-order valence-electron chi connectivity index (χ3n) is 5.81. The van der Waals surface area contributed by atoms with Crippen LogP contribution in [0.25, 0.3) is 10.2 Å². The van der Waals surface area contributed by atoms with Gasteiger partial charge in [-0.2, -0.15) is 0 Å². The fraction of sp³-hybridized carbons (Fsp3) is 0.632. The third kappa shape index (κ3) is 3.24. The summed E-state index contributed by atoms with van der Waals surface area (Å²) in [5, 5.41) is 4.42. The molecule has 4 rings (SSSR count). The van der Waals surface area contributed by atoms with Crippen LogP contribution in [0.1, 0.15) is 43.0 Å². The summed E-state index contributed by atoms with van der Waals surface area (Å²) in [5.74, 6) is 2.13. The standard InChI is InChI=1S/C19H26N4OS/c1-11-13(3)25-19-16(11)17(20-10-21-19)23-8-6-15(7-9-23)18(24)22-12(2)14-4-5-14/h10,12,14-15H,4-9H2,1-3H3,(H,22,24)/t12-/m0/s1. The molecule has 0 radical (unpaired) electrons. The number of piperidine rings is 1. The highest BCUT2D eigenvalue weighted by Crippen LogP contribution is 2.36. The quantitative estimate of drug-likeness (QED) is 0.910. The summed E-state index contributed by atoms with van der Waals surface area (Å²) in [7, 11) is 0. The lowest BCUT2D eigenvalue weighted by Crippen LogP contribution is -2.44. The van der Waals surface area contributed by atoms with Crippen LogP contribution in [0.2, 0.25) is 0 Å². The summed E-state index contributed by atoms with van der Waals surface area (Å²) in [6.45, 7) is 8.21. The smallest absolute Gasteiger partial charge is 0.223 e. The summed E-state index contributed by atoms with van der Waals surface area (Å²) in [6, 6.07) is 0.337. The maximum absolute atomic E-state index is 12.5. The summed E-state index contributed by atoms with van der Waals surface area (Å²) in [4.78, 5) is 26.2. The molecule has 5 nitrogen and oxygen atoms in total. The Morgan fingerprint density at radius 1 is 1.24 bits per heavy atom. The Labute approximate surface area is 152 Å². The van der Waals surface area contributed by atoms with Gasteiger partial charge in [-0.1, -0.05) is 0 Å². The number of thiophene rings is 1. The van der Waals surface area contributed by atoms with Gasteiger partial charge in [-0.15, -0.1) is 11.3 Å². The SMILES string of the molecule is Cc1sc2ncnc(N3CCC(C(=O)N[C@@H](C)C4CC4)CC3)c2c1C. The fourth-order valence-corrected chi connectivity index (χ4v) is 4.80.